The summed E-state index contributed by atoms with van der Waals surface area (Å²) >= 11 is 1.76. The molecule has 1 aliphatic rings. The number of hydrogen-bond donors (Lipinski definition) is 1. The summed E-state index contributed by atoms with van der Waals surface area (Å²) in [5.74, 6) is 0. The number of benzene rings is 2. The van der Waals surface area contributed by atoms with E-state index in [1.54, 1.807) is 11.3 Å². The first-order valence-corrected chi connectivity index (χ1v) is 8.24. The van der Waals surface area contributed by atoms with Crippen molar-refractivity contribution in [1.29, 1.82) is 0 Å². The van der Waals surface area contributed by atoms with E-state index in [2.05, 4.69) is 60.5 Å². The molecule has 3 aromatic rings. The molecule has 2 nitrogen and oxygen atoms in total. The number of anilines is 1. The topological polar surface area (TPSA) is 24.9 Å². The molecule has 1 heterocycles. The van der Waals surface area contributed by atoms with Gasteiger partial charge < -0.3 is 5.32 Å². The predicted molar refractivity (Wildman–Crippen MR) is 90.2 cm³/mol. The van der Waals surface area contributed by atoms with Crippen molar-refractivity contribution in [2.45, 2.75) is 32.7 Å². The Morgan fingerprint density at radius 3 is 2.95 bits per heavy atom. The molecular weight excluding hydrogens is 276 g/mol. The number of nitrogens with one attached hydrogen (secondary N) is 1. The van der Waals surface area contributed by atoms with Crippen LogP contribution < -0.4 is 5.32 Å². The van der Waals surface area contributed by atoms with Gasteiger partial charge in [0.1, 0.15) is 0 Å². The lowest BCUT2D eigenvalue weighted by Crippen LogP contribution is -2.07. The van der Waals surface area contributed by atoms with Gasteiger partial charge >= 0.3 is 0 Å². The lowest BCUT2D eigenvalue weighted by Gasteiger charge is -2.16. The summed E-state index contributed by atoms with van der Waals surface area (Å²) in [5.41, 5.74) is 6.61. The van der Waals surface area contributed by atoms with Gasteiger partial charge in [-0.2, -0.15) is 0 Å². The van der Waals surface area contributed by atoms with Crippen LogP contribution in [0.4, 0.5) is 5.69 Å². The van der Waals surface area contributed by atoms with Crippen LogP contribution in [0.15, 0.2) is 36.4 Å². The van der Waals surface area contributed by atoms with E-state index in [0.29, 0.717) is 6.04 Å². The minimum atomic E-state index is 0.436. The van der Waals surface area contributed by atoms with Crippen LogP contribution in [0.1, 0.15) is 34.2 Å². The largest absolute Gasteiger partial charge is 0.378 e. The van der Waals surface area contributed by atoms with Crippen molar-refractivity contribution in [2.24, 2.45) is 0 Å². The Bertz CT molecular complexity index is 819. The molecule has 106 valence electrons. The molecule has 0 fully saturated rings. The number of aryl methyl sites for hydroxylation is 3. The van der Waals surface area contributed by atoms with Crippen molar-refractivity contribution < 1.29 is 0 Å². The van der Waals surface area contributed by atoms with Crippen LogP contribution in [0.25, 0.3) is 10.2 Å². The van der Waals surface area contributed by atoms with Gasteiger partial charge in [-0.3, -0.25) is 0 Å². The Labute approximate surface area is 128 Å². The van der Waals surface area contributed by atoms with E-state index in [0.717, 1.165) is 10.5 Å². The highest BCUT2D eigenvalue weighted by atomic mass is 32.1. The van der Waals surface area contributed by atoms with E-state index < -0.39 is 0 Å². The molecular formula is C18H18N2S. The Morgan fingerprint density at radius 1 is 1.14 bits per heavy atom. The maximum absolute atomic E-state index is 4.52. The summed E-state index contributed by atoms with van der Waals surface area (Å²) in [6.07, 6.45) is 2.35. The molecule has 1 aliphatic carbocycles. The highest BCUT2D eigenvalue weighted by Gasteiger charge is 2.22. The SMILES string of the molecule is Cc1ccc2c(c1)C(Nc1ccc3nc(C)sc3c1)CC2. The zero-order chi connectivity index (χ0) is 14.4. The Kier molecular flexibility index (Phi) is 2.96. The van der Waals surface area contributed by atoms with Gasteiger partial charge in [0.05, 0.1) is 21.3 Å². The van der Waals surface area contributed by atoms with Crippen LogP contribution >= 0.6 is 11.3 Å². The second-order valence-electron chi connectivity index (χ2n) is 5.85. The number of thiazole rings is 1. The van der Waals surface area contributed by atoms with E-state index in [1.807, 2.05) is 0 Å². The third-order valence-electron chi connectivity index (χ3n) is 4.22. The Balaban J connectivity index is 1.65. The second-order valence-corrected chi connectivity index (χ2v) is 7.09. The predicted octanol–water partition coefficient (Wildman–Crippen LogP) is 5.01. The molecule has 1 N–H and O–H groups in total. The highest BCUT2D eigenvalue weighted by molar-refractivity contribution is 7.18. The first-order chi connectivity index (χ1) is 10.2. The van der Waals surface area contributed by atoms with E-state index in [9.17, 15) is 0 Å². The first-order valence-electron chi connectivity index (χ1n) is 7.42. The van der Waals surface area contributed by atoms with E-state index in [-0.39, 0.29) is 0 Å². The maximum Gasteiger partial charge on any atom is 0.0907 e. The molecule has 1 unspecified atom stereocenters. The summed E-state index contributed by atoms with van der Waals surface area (Å²) in [4.78, 5) is 4.52. The third-order valence-corrected chi connectivity index (χ3v) is 5.15. The summed E-state index contributed by atoms with van der Waals surface area (Å²) in [5, 5.41) is 4.83. The zero-order valence-corrected chi connectivity index (χ0v) is 13.1. The molecule has 0 saturated heterocycles. The van der Waals surface area contributed by atoms with Crippen molar-refractivity contribution in [3.8, 4) is 0 Å². The summed E-state index contributed by atoms with van der Waals surface area (Å²) in [6, 6.07) is 13.8. The van der Waals surface area contributed by atoms with Crippen molar-refractivity contribution in [2.75, 3.05) is 5.32 Å². The molecule has 0 saturated carbocycles. The van der Waals surface area contributed by atoms with Gasteiger partial charge in [0.2, 0.25) is 0 Å². The summed E-state index contributed by atoms with van der Waals surface area (Å²) < 4.78 is 1.26. The standard InChI is InChI=1S/C18H18N2S/c1-11-3-4-13-5-7-16(15(13)9-11)20-14-6-8-17-18(10-14)21-12(2)19-17/h3-4,6,8-10,16,20H,5,7H2,1-2H3. The molecule has 21 heavy (non-hydrogen) atoms. The zero-order valence-electron chi connectivity index (χ0n) is 12.3. The van der Waals surface area contributed by atoms with Crippen LogP contribution in [0.3, 0.4) is 0 Å². The molecule has 2 aromatic carbocycles. The fourth-order valence-corrected chi connectivity index (χ4v) is 4.07. The normalized spacial score (nSPS) is 17.1. The number of nitrogens with zero attached hydrogens (tertiary/aromatic N) is 1. The molecule has 3 heteroatoms. The van der Waals surface area contributed by atoms with Crippen molar-refractivity contribution in [3.63, 3.8) is 0 Å². The molecule has 0 radical (unpaired) electrons. The van der Waals surface area contributed by atoms with Gasteiger partial charge in [-0.1, -0.05) is 23.8 Å². The third kappa shape index (κ3) is 2.32. The lowest BCUT2D eigenvalue weighted by atomic mass is 10.0. The van der Waals surface area contributed by atoms with Crippen LogP contribution in [0.2, 0.25) is 0 Å². The summed E-state index contributed by atoms with van der Waals surface area (Å²) in [6.45, 7) is 4.23. The summed E-state index contributed by atoms with van der Waals surface area (Å²) in [7, 11) is 0. The smallest absolute Gasteiger partial charge is 0.0907 e. The molecule has 1 aromatic heterocycles. The van der Waals surface area contributed by atoms with Crippen LogP contribution in [-0.2, 0) is 6.42 Å². The molecule has 1 atom stereocenters. The van der Waals surface area contributed by atoms with Gasteiger partial charge in [-0.25, -0.2) is 4.98 Å². The van der Waals surface area contributed by atoms with Gasteiger partial charge in [0.25, 0.3) is 0 Å². The molecule has 0 aliphatic heterocycles. The van der Waals surface area contributed by atoms with E-state index in [4.69, 9.17) is 0 Å². The minimum absolute atomic E-state index is 0.436. The maximum atomic E-state index is 4.52. The van der Waals surface area contributed by atoms with Crippen LogP contribution in [0, 0.1) is 13.8 Å². The number of fused-ring (bicyclic) bond motifs is 2. The van der Waals surface area contributed by atoms with Crippen LogP contribution in [-0.4, -0.2) is 4.98 Å². The minimum Gasteiger partial charge on any atom is -0.378 e. The molecule has 0 bridgehead atoms. The Hall–Kier alpha value is -1.87. The Morgan fingerprint density at radius 2 is 2.05 bits per heavy atom. The fraction of sp³-hybridized carbons (Fsp3) is 0.278. The number of rotatable bonds is 2. The van der Waals surface area contributed by atoms with E-state index in [1.165, 1.54) is 39.9 Å². The number of hydrogen-bond acceptors (Lipinski definition) is 3. The van der Waals surface area contributed by atoms with Crippen molar-refractivity contribution >= 4 is 27.2 Å². The van der Waals surface area contributed by atoms with E-state index >= 15 is 0 Å². The molecule has 0 spiro atoms. The second kappa shape index (κ2) is 4.85. The van der Waals surface area contributed by atoms with Crippen molar-refractivity contribution in [3.05, 3.63) is 58.1 Å². The monoisotopic (exact) mass is 294 g/mol. The number of aromatic nitrogens is 1. The highest BCUT2D eigenvalue weighted by Crippen LogP contribution is 2.35. The van der Waals surface area contributed by atoms with Gasteiger partial charge in [-0.15, -0.1) is 11.3 Å². The van der Waals surface area contributed by atoms with Gasteiger partial charge in [0.15, 0.2) is 0 Å². The fourth-order valence-electron chi connectivity index (χ4n) is 3.20. The van der Waals surface area contributed by atoms with Gasteiger partial charge in [-0.05, 0) is 56.0 Å². The quantitative estimate of drug-likeness (QED) is 0.718. The molecule has 4 rings (SSSR count). The average Bonchev–Trinajstić information content (AvgIpc) is 3.01. The lowest BCUT2D eigenvalue weighted by molar-refractivity contribution is 0.762. The van der Waals surface area contributed by atoms with Gasteiger partial charge in [0, 0.05) is 5.69 Å². The van der Waals surface area contributed by atoms with Crippen molar-refractivity contribution in [1.82, 2.24) is 4.98 Å². The van der Waals surface area contributed by atoms with Crippen LogP contribution in [0.5, 0.6) is 0 Å². The average molecular weight is 294 g/mol. The first kappa shape index (κ1) is 12.8. The molecule has 0 amide bonds.